The number of halogens is 1. The SMILES string of the molecule is O=CN1CCN(CC(=O)NCCc2cccc(Cl)c2)CC1. The summed E-state index contributed by atoms with van der Waals surface area (Å²) >= 11 is 5.92. The predicted molar refractivity (Wildman–Crippen MR) is 82.2 cm³/mol. The average molecular weight is 310 g/mol. The van der Waals surface area contributed by atoms with Crippen molar-refractivity contribution in [3.63, 3.8) is 0 Å². The van der Waals surface area contributed by atoms with Crippen LogP contribution in [-0.2, 0) is 16.0 Å². The summed E-state index contributed by atoms with van der Waals surface area (Å²) in [6.07, 6.45) is 1.63. The van der Waals surface area contributed by atoms with E-state index < -0.39 is 0 Å². The van der Waals surface area contributed by atoms with E-state index in [0.29, 0.717) is 31.2 Å². The summed E-state index contributed by atoms with van der Waals surface area (Å²) in [4.78, 5) is 26.3. The second-order valence-corrected chi connectivity index (χ2v) is 5.58. The molecule has 0 atom stereocenters. The first kappa shape index (κ1) is 15.8. The Hall–Kier alpha value is -1.59. The number of piperazine rings is 1. The Morgan fingerprint density at radius 2 is 2.05 bits per heavy atom. The summed E-state index contributed by atoms with van der Waals surface area (Å²) in [6, 6.07) is 7.65. The third-order valence-corrected chi connectivity index (χ3v) is 3.78. The lowest BCUT2D eigenvalue weighted by Crippen LogP contribution is -2.49. The molecule has 1 fully saturated rings. The van der Waals surface area contributed by atoms with Gasteiger partial charge in [-0.05, 0) is 24.1 Å². The maximum absolute atomic E-state index is 11.9. The highest BCUT2D eigenvalue weighted by Gasteiger charge is 2.17. The number of carbonyl (C=O) groups is 2. The molecule has 6 heteroatoms. The number of carbonyl (C=O) groups excluding carboxylic acids is 2. The smallest absolute Gasteiger partial charge is 0.234 e. The van der Waals surface area contributed by atoms with E-state index in [-0.39, 0.29) is 5.91 Å². The van der Waals surface area contributed by atoms with E-state index in [1.807, 2.05) is 24.3 Å². The third-order valence-electron chi connectivity index (χ3n) is 3.55. The molecule has 0 spiro atoms. The van der Waals surface area contributed by atoms with Crippen LogP contribution in [0.2, 0.25) is 5.02 Å². The van der Waals surface area contributed by atoms with E-state index in [2.05, 4.69) is 10.2 Å². The number of nitrogens with zero attached hydrogens (tertiary/aromatic N) is 2. The molecule has 1 heterocycles. The zero-order chi connectivity index (χ0) is 15.1. The summed E-state index contributed by atoms with van der Waals surface area (Å²) in [6.45, 7) is 3.88. The summed E-state index contributed by atoms with van der Waals surface area (Å²) < 4.78 is 0. The van der Waals surface area contributed by atoms with Gasteiger partial charge in [0.15, 0.2) is 0 Å². The van der Waals surface area contributed by atoms with Gasteiger partial charge in [-0.25, -0.2) is 0 Å². The molecule has 0 aliphatic carbocycles. The summed E-state index contributed by atoms with van der Waals surface area (Å²) in [5, 5.41) is 3.63. The van der Waals surface area contributed by atoms with Crippen LogP contribution in [0.15, 0.2) is 24.3 Å². The van der Waals surface area contributed by atoms with Crippen molar-refractivity contribution in [2.45, 2.75) is 6.42 Å². The van der Waals surface area contributed by atoms with E-state index in [1.54, 1.807) is 4.90 Å². The monoisotopic (exact) mass is 309 g/mol. The highest BCUT2D eigenvalue weighted by atomic mass is 35.5. The van der Waals surface area contributed by atoms with Crippen LogP contribution in [0.4, 0.5) is 0 Å². The van der Waals surface area contributed by atoms with Crippen molar-refractivity contribution in [3.8, 4) is 0 Å². The zero-order valence-corrected chi connectivity index (χ0v) is 12.7. The lowest BCUT2D eigenvalue weighted by Gasteiger charge is -2.31. The molecule has 0 aromatic heterocycles. The lowest BCUT2D eigenvalue weighted by atomic mass is 10.1. The zero-order valence-electron chi connectivity index (χ0n) is 11.9. The standard InChI is InChI=1S/C15H20ClN3O2/c16-14-3-1-2-13(10-14)4-5-17-15(21)11-18-6-8-19(12-20)9-7-18/h1-3,10,12H,4-9,11H2,(H,17,21). The molecule has 5 nitrogen and oxygen atoms in total. The molecule has 0 bridgehead atoms. The molecule has 1 aromatic rings. The number of nitrogens with one attached hydrogen (secondary N) is 1. The van der Waals surface area contributed by atoms with Crippen molar-refractivity contribution in [2.75, 3.05) is 39.3 Å². The van der Waals surface area contributed by atoms with Crippen LogP contribution in [0.3, 0.4) is 0 Å². The highest BCUT2D eigenvalue weighted by molar-refractivity contribution is 6.30. The fourth-order valence-corrected chi connectivity index (χ4v) is 2.54. The molecular formula is C15H20ClN3O2. The van der Waals surface area contributed by atoms with Gasteiger partial charge < -0.3 is 10.2 Å². The second kappa shape index (κ2) is 8.00. The van der Waals surface area contributed by atoms with Gasteiger partial charge in [-0.2, -0.15) is 0 Å². The molecule has 0 radical (unpaired) electrons. The van der Waals surface area contributed by atoms with Gasteiger partial charge in [-0.15, -0.1) is 0 Å². The van der Waals surface area contributed by atoms with E-state index in [0.717, 1.165) is 31.5 Å². The van der Waals surface area contributed by atoms with Crippen LogP contribution in [-0.4, -0.2) is 61.4 Å². The van der Waals surface area contributed by atoms with Gasteiger partial charge in [0.05, 0.1) is 6.54 Å². The van der Waals surface area contributed by atoms with Gasteiger partial charge in [0.2, 0.25) is 12.3 Å². The minimum Gasteiger partial charge on any atom is -0.355 e. The van der Waals surface area contributed by atoms with Gasteiger partial charge in [0.25, 0.3) is 0 Å². The molecule has 21 heavy (non-hydrogen) atoms. The fourth-order valence-electron chi connectivity index (χ4n) is 2.32. The molecule has 0 saturated carbocycles. The van der Waals surface area contributed by atoms with Gasteiger partial charge >= 0.3 is 0 Å². The Labute approximate surface area is 129 Å². The first-order chi connectivity index (χ1) is 10.2. The Balaban J connectivity index is 1.65. The van der Waals surface area contributed by atoms with Crippen molar-refractivity contribution in [1.82, 2.24) is 15.1 Å². The van der Waals surface area contributed by atoms with E-state index in [4.69, 9.17) is 11.6 Å². The van der Waals surface area contributed by atoms with Gasteiger partial charge in [0.1, 0.15) is 0 Å². The van der Waals surface area contributed by atoms with Crippen molar-refractivity contribution in [1.29, 1.82) is 0 Å². The average Bonchev–Trinajstić information content (AvgIpc) is 2.48. The fraction of sp³-hybridized carbons (Fsp3) is 0.467. The lowest BCUT2D eigenvalue weighted by molar-refractivity contribution is -0.123. The van der Waals surface area contributed by atoms with Crippen molar-refractivity contribution in [2.24, 2.45) is 0 Å². The van der Waals surface area contributed by atoms with Gasteiger partial charge in [0, 0.05) is 37.7 Å². The number of amides is 2. The van der Waals surface area contributed by atoms with E-state index >= 15 is 0 Å². The first-order valence-electron chi connectivity index (χ1n) is 7.10. The molecule has 2 amide bonds. The van der Waals surface area contributed by atoms with Crippen LogP contribution in [0, 0.1) is 0 Å². The number of benzene rings is 1. The number of hydrogen-bond donors (Lipinski definition) is 1. The van der Waals surface area contributed by atoms with Crippen LogP contribution < -0.4 is 5.32 Å². The molecule has 1 N–H and O–H groups in total. The highest BCUT2D eigenvalue weighted by Crippen LogP contribution is 2.10. The molecular weight excluding hydrogens is 290 g/mol. The Kier molecular flexibility index (Phi) is 6.02. The number of rotatable bonds is 6. The molecule has 1 aromatic carbocycles. The van der Waals surface area contributed by atoms with Crippen LogP contribution in [0.1, 0.15) is 5.56 Å². The van der Waals surface area contributed by atoms with Gasteiger partial charge in [-0.3, -0.25) is 14.5 Å². The summed E-state index contributed by atoms with van der Waals surface area (Å²) in [5.41, 5.74) is 1.11. The molecule has 1 aliphatic rings. The normalized spacial score (nSPS) is 15.8. The summed E-state index contributed by atoms with van der Waals surface area (Å²) in [5.74, 6) is 0.0246. The van der Waals surface area contributed by atoms with Gasteiger partial charge in [-0.1, -0.05) is 23.7 Å². The maximum Gasteiger partial charge on any atom is 0.234 e. The Bertz CT molecular complexity index is 488. The third kappa shape index (κ3) is 5.36. The molecule has 1 aliphatic heterocycles. The van der Waals surface area contributed by atoms with Crippen LogP contribution in [0.25, 0.3) is 0 Å². The Morgan fingerprint density at radius 3 is 2.71 bits per heavy atom. The van der Waals surface area contributed by atoms with Crippen LogP contribution in [0.5, 0.6) is 0 Å². The first-order valence-corrected chi connectivity index (χ1v) is 7.48. The van der Waals surface area contributed by atoms with Crippen LogP contribution >= 0.6 is 11.6 Å². The minimum absolute atomic E-state index is 0.0246. The molecule has 114 valence electrons. The second-order valence-electron chi connectivity index (χ2n) is 5.15. The largest absolute Gasteiger partial charge is 0.355 e. The van der Waals surface area contributed by atoms with Crippen molar-refractivity contribution >= 4 is 23.9 Å². The predicted octanol–water partition coefficient (Wildman–Crippen LogP) is 0.773. The molecule has 1 saturated heterocycles. The van der Waals surface area contributed by atoms with Crippen molar-refractivity contribution in [3.05, 3.63) is 34.9 Å². The number of hydrogen-bond acceptors (Lipinski definition) is 3. The maximum atomic E-state index is 11.9. The molecule has 0 unspecified atom stereocenters. The topological polar surface area (TPSA) is 52.7 Å². The molecule has 2 rings (SSSR count). The summed E-state index contributed by atoms with van der Waals surface area (Å²) in [7, 11) is 0. The van der Waals surface area contributed by atoms with Crippen molar-refractivity contribution < 1.29 is 9.59 Å². The Morgan fingerprint density at radius 1 is 1.29 bits per heavy atom. The van der Waals surface area contributed by atoms with E-state index in [1.165, 1.54) is 0 Å². The van der Waals surface area contributed by atoms with E-state index in [9.17, 15) is 9.59 Å². The minimum atomic E-state index is 0.0246. The quantitative estimate of drug-likeness (QED) is 0.790.